The van der Waals surface area contributed by atoms with Gasteiger partial charge in [-0.1, -0.05) is 0 Å². The molecule has 0 amide bonds. The topological polar surface area (TPSA) is 34.1 Å². The number of benzene rings is 1. The van der Waals surface area contributed by atoms with Crippen LogP contribution in [-0.2, 0) is 0 Å². The maximum atomic E-state index is 5.92. The van der Waals surface area contributed by atoms with Crippen LogP contribution in [0.5, 0.6) is 5.88 Å². The van der Waals surface area contributed by atoms with Gasteiger partial charge >= 0.3 is 0 Å². The minimum atomic E-state index is -0.230. The summed E-state index contributed by atoms with van der Waals surface area (Å²) >= 11 is 0. The molecule has 0 spiro atoms. The van der Waals surface area contributed by atoms with Gasteiger partial charge in [0.05, 0.1) is 0 Å². The van der Waals surface area contributed by atoms with Crippen molar-refractivity contribution in [1.29, 1.82) is 0 Å². The molecule has 3 heteroatoms. The van der Waals surface area contributed by atoms with Crippen molar-refractivity contribution in [2.24, 2.45) is 0 Å². The van der Waals surface area contributed by atoms with Crippen LogP contribution in [0, 0.1) is 0 Å². The molecule has 0 radical (unpaired) electrons. The number of nitrogens with zero attached hydrogens (tertiary/aromatic N) is 1. The zero-order valence-electron chi connectivity index (χ0n) is 11.7. The third-order valence-corrected chi connectivity index (χ3v) is 3.08. The van der Waals surface area contributed by atoms with Crippen molar-refractivity contribution >= 4 is 16.5 Å². The summed E-state index contributed by atoms with van der Waals surface area (Å²) in [6.07, 6.45) is 4.38. The Hall–Kier alpha value is -1.77. The summed E-state index contributed by atoms with van der Waals surface area (Å²) in [6, 6.07) is 9.07. The fourth-order valence-corrected chi connectivity index (χ4v) is 2.07. The van der Waals surface area contributed by atoms with E-state index in [2.05, 4.69) is 28.5 Å². The summed E-state index contributed by atoms with van der Waals surface area (Å²) in [7, 11) is 0. The second-order valence-electron chi connectivity index (χ2n) is 6.19. The second kappa shape index (κ2) is 4.41. The first kappa shape index (κ1) is 12.3. The highest BCUT2D eigenvalue weighted by atomic mass is 16.5. The lowest BCUT2D eigenvalue weighted by atomic mass is 10.1. The number of ether oxygens (including phenoxy) is 1. The van der Waals surface area contributed by atoms with E-state index in [9.17, 15) is 0 Å². The molecule has 19 heavy (non-hydrogen) atoms. The van der Waals surface area contributed by atoms with Crippen molar-refractivity contribution < 1.29 is 4.74 Å². The van der Waals surface area contributed by atoms with Crippen molar-refractivity contribution in [2.45, 2.75) is 45.3 Å². The lowest BCUT2D eigenvalue weighted by Crippen LogP contribution is -2.23. The summed E-state index contributed by atoms with van der Waals surface area (Å²) < 4.78 is 5.92. The molecule has 0 atom stereocenters. The SMILES string of the molecule is CC(C)(C)Oc1nccc2cc(NC3CC3)ccc12. The highest BCUT2D eigenvalue weighted by molar-refractivity contribution is 5.89. The molecule has 1 saturated carbocycles. The Kier molecular flexibility index (Phi) is 2.85. The molecule has 100 valence electrons. The Balaban J connectivity index is 1.95. The van der Waals surface area contributed by atoms with Gasteiger partial charge in [-0.3, -0.25) is 0 Å². The Morgan fingerprint density at radius 2 is 2.00 bits per heavy atom. The Morgan fingerprint density at radius 3 is 2.68 bits per heavy atom. The van der Waals surface area contributed by atoms with Gasteiger partial charge in [0.15, 0.2) is 0 Å². The van der Waals surface area contributed by atoms with E-state index in [-0.39, 0.29) is 5.60 Å². The Labute approximate surface area is 114 Å². The molecular weight excluding hydrogens is 236 g/mol. The monoisotopic (exact) mass is 256 g/mol. The first-order valence-corrected chi connectivity index (χ1v) is 6.86. The summed E-state index contributed by atoms with van der Waals surface area (Å²) in [6.45, 7) is 6.11. The number of hydrogen-bond acceptors (Lipinski definition) is 3. The summed E-state index contributed by atoms with van der Waals surface area (Å²) in [5.74, 6) is 0.711. The van der Waals surface area contributed by atoms with Gasteiger partial charge in [-0.25, -0.2) is 4.98 Å². The molecule has 1 aromatic carbocycles. The van der Waals surface area contributed by atoms with Gasteiger partial charge in [-0.15, -0.1) is 0 Å². The minimum Gasteiger partial charge on any atom is -0.471 e. The second-order valence-corrected chi connectivity index (χ2v) is 6.19. The van der Waals surface area contributed by atoms with Crippen molar-refractivity contribution in [3.05, 3.63) is 30.5 Å². The molecular formula is C16H20N2O. The average Bonchev–Trinajstić information content (AvgIpc) is 3.11. The Morgan fingerprint density at radius 1 is 1.21 bits per heavy atom. The summed E-state index contributed by atoms with van der Waals surface area (Å²) in [5, 5.41) is 5.75. The lowest BCUT2D eigenvalue weighted by molar-refractivity contribution is 0.126. The van der Waals surface area contributed by atoms with Crippen LogP contribution >= 0.6 is 0 Å². The normalized spacial score (nSPS) is 15.5. The standard InChI is InChI=1S/C16H20N2O/c1-16(2,3)19-15-14-7-6-13(18-12-4-5-12)10-11(14)8-9-17-15/h6-10,12,18H,4-5H2,1-3H3. The predicted molar refractivity (Wildman–Crippen MR) is 78.8 cm³/mol. The van der Waals surface area contributed by atoms with Crippen LogP contribution in [0.3, 0.4) is 0 Å². The van der Waals surface area contributed by atoms with Gasteiger partial charge < -0.3 is 10.1 Å². The fraction of sp³-hybridized carbons (Fsp3) is 0.438. The van der Waals surface area contributed by atoms with E-state index >= 15 is 0 Å². The molecule has 0 saturated heterocycles. The van der Waals surface area contributed by atoms with Gasteiger partial charge in [-0.2, -0.15) is 0 Å². The minimum absolute atomic E-state index is 0.230. The van der Waals surface area contributed by atoms with Crippen LogP contribution in [0.15, 0.2) is 30.5 Å². The number of nitrogens with one attached hydrogen (secondary N) is 1. The molecule has 0 unspecified atom stereocenters. The smallest absolute Gasteiger partial charge is 0.221 e. The highest BCUT2D eigenvalue weighted by Crippen LogP contribution is 2.30. The third-order valence-electron chi connectivity index (χ3n) is 3.08. The van der Waals surface area contributed by atoms with E-state index in [0.717, 1.165) is 5.39 Å². The number of rotatable bonds is 3. The van der Waals surface area contributed by atoms with E-state index in [4.69, 9.17) is 4.74 Å². The van der Waals surface area contributed by atoms with Gasteiger partial charge in [-0.05, 0) is 63.3 Å². The van der Waals surface area contributed by atoms with E-state index < -0.39 is 0 Å². The zero-order chi connectivity index (χ0) is 13.5. The molecule has 3 rings (SSSR count). The van der Waals surface area contributed by atoms with Crippen LogP contribution in [0.1, 0.15) is 33.6 Å². The molecule has 1 heterocycles. The van der Waals surface area contributed by atoms with Crippen LogP contribution in [0.4, 0.5) is 5.69 Å². The molecule has 2 aromatic rings. The first-order valence-electron chi connectivity index (χ1n) is 6.86. The van der Waals surface area contributed by atoms with Crippen LogP contribution in [0.25, 0.3) is 10.8 Å². The van der Waals surface area contributed by atoms with Gasteiger partial charge in [0.25, 0.3) is 0 Å². The van der Waals surface area contributed by atoms with E-state index in [1.807, 2.05) is 33.0 Å². The largest absolute Gasteiger partial charge is 0.471 e. The van der Waals surface area contributed by atoms with Crippen molar-refractivity contribution in [3.8, 4) is 5.88 Å². The molecule has 0 aliphatic heterocycles. The van der Waals surface area contributed by atoms with Gasteiger partial charge in [0.2, 0.25) is 5.88 Å². The molecule has 3 nitrogen and oxygen atoms in total. The lowest BCUT2D eigenvalue weighted by Gasteiger charge is -2.21. The van der Waals surface area contributed by atoms with Gasteiger partial charge in [0, 0.05) is 23.3 Å². The summed E-state index contributed by atoms with van der Waals surface area (Å²) in [4.78, 5) is 4.35. The van der Waals surface area contributed by atoms with Crippen molar-refractivity contribution in [2.75, 3.05) is 5.32 Å². The van der Waals surface area contributed by atoms with Crippen molar-refractivity contribution in [1.82, 2.24) is 4.98 Å². The van der Waals surface area contributed by atoms with Crippen LogP contribution in [0.2, 0.25) is 0 Å². The molecule has 1 fully saturated rings. The molecule has 1 aliphatic rings. The maximum Gasteiger partial charge on any atom is 0.221 e. The van der Waals surface area contributed by atoms with E-state index in [0.29, 0.717) is 11.9 Å². The van der Waals surface area contributed by atoms with E-state index in [1.165, 1.54) is 23.9 Å². The van der Waals surface area contributed by atoms with Crippen LogP contribution in [-0.4, -0.2) is 16.6 Å². The number of anilines is 1. The molecule has 1 aromatic heterocycles. The maximum absolute atomic E-state index is 5.92. The highest BCUT2D eigenvalue weighted by Gasteiger charge is 2.21. The quantitative estimate of drug-likeness (QED) is 0.901. The third kappa shape index (κ3) is 2.98. The van der Waals surface area contributed by atoms with Crippen molar-refractivity contribution in [3.63, 3.8) is 0 Å². The number of pyridine rings is 1. The Bertz CT molecular complexity index is 597. The molecule has 1 aliphatic carbocycles. The van der Waals surface area contributed by atoms with Crippen LogP contribution < -0.4 is 10.1 Å². The number of aromatic nitrogens is 1. The average molecular weight is 256 g/mol. The fourth-order valence-electron chi connectivity index (χ4n) is 2.07. The predicted octanol–water partition coefficient (Wildman–Crippen LogP) is 3.99. The first-order chi connectivity index (χ1) is 9.01. The molecule has 0 bridgehead atoms. The number of hydrogen-bond donors (Lipinski definition) is 1. The zero-order valence-corrected chi connectivity index (χ0v) is 11.7. The van der Waals surface area contributed by atoms with Gasteiger partial charge in [0.1, 0.15) is 5.60 Å². The number of fused-ring (bicyclic) bond motifs is 1. The summed E-state index contributed by atoms with van der Waals surface area (Å²) in [5.41, 5.74) is 0.953. The molecule has 1 N–H and O–H groups in total. The van der Waals surface area contributed by atoms with E-state index in [1.54, 1.807) is 0 Å².